The Morgan fingerprint density at radius 1 is 0.448 bits per heavy atom. The SMILES string of the molecule is [2H]c1c([2H])c([2H])c2c(sc3c([2H])c(-n4c5c([2H])c([2H])c([2H])c([2H])c5c5c([2H])c6c([2H])c([2H])c([2H])c([2H])c6c([2H])c54)c([2H])c(-c4ccc(-c5cc(-c6ccccc6)nc(-c6ccccc6)n5)c5ccccc45)c32)c1[2H]. The Kier molecular flexibility index (Phi) is 4.67. The van der Waals surface area contributed by atoms with E-state index >= 15 is 0 Å². The van der Waals surface area contributed by atoms with Crippen molar-refractivity contribution >= 4 is 74.9 Å². The molecule has 9 aromatic carbocycles. The molecule has 3 heterocycles. The first-order valence-electron chi connectivity index (χ1n) is 26.4. The van der Waals surface area contributed by atoms with Gasteiger partial charge in [0.2, 0.25) is 0 Å². The van der Waals surface area contributed by atoms with Crippen LogP contribution >= 0.6 is 11.3 Å². The van der Waals surface area contributed by atoms with Crippen molar-refractivity contribution in [1.29, 1.82) is 0 Å². The van der Waals surface area contributed by atoms with Gasteiger partial charge in [0, 0.05) is 53.3 Å². The largest absolute Gasteiger partial charge is 0.309 e. The van der Waals surface area contributed by atoms with E-state index < -0.39 is 90.6 Å². The molecule has 0 saturated heterocycles. The standard InChI is InChI=1S/C54H33N3S/c1-3-15-34(16-4-1)47-33-48(56-54(55-47)35-17-5-2-6-18-35)42-28-27-41(39-21-9-10-22-40(39)42)46-31-38(32-52-53(46)44-24-12-14-26-51(44)58-52)57-49-25-13-11-23-43(49)45-29-36-19-7-8-20-37(36)30-50(45)57/h1-33H/i7D,8D,11D,12D,13D,14D,19D,20D,23D,24D,25D,26D,29D,30D,31D,32D. The minimum atomic E-state index is -0.708. The zero-order valence-corrected chi connectivity index (χ0v) is 30.9. The highest BCUT2D eigenvalue weighted by Gasteiger charge is 2.21. The quantitative estimate of drug-likeness (QED) is 0.174. The second-order valence-electron chi connectivity index (χ2n) is 13.7. The Balaban J connectivity index is 1.27. The van der Waals surface area contributed by atoms with E-state index in [2.05, 4.69) is 0 Å². The van der Waals surface area contributed by atoms with Crippen molar-refractivity contribution in [1.82, 2.24) is 14.5 Å². The molecule has 0 aliphatic carbocycles. The maximum Gasteiger partial charge on any atom is 0.160 e. The van der Waals surface area contributed by atoms with Gasteiger partial charge in [-0.1, -0.05) is 157 Å². The second kappa shape index (κ2) is 13.1. The van der Waals surface area contributed by atoms with Crippen molar-refractivity contribution in [3.05, 3.63) is 200 Å². The first-order valence-corrected chi connectivity index (χ1v) is 19.2. The molecule has 3 aromatic heterocycles. The first-order chi connectivity index (χ1) is 35.4. The first kappa shape index (κ1) is 20.7. The van der Waals surface area contributed by atoms with Crippen molar-refractivity contribution in [2.24, 2.45) is 0 Å². The molecule has 3 nitrogen and oxygen atoms in total. The number of benzene rings is 9. The van der Waals surface area contributed by atoms with Crippen LogP contribution in [0.1, 0.15) is 21.9 Å². The van der Waals surface area contributed by atoms with Gasteiger partial charge in [-0.2, -0.15) is 0 Å². The second-order valence-corrected chi connectivity index (χ2v) is 14.7. The van der Waals surface area contributed by atoms with E-state index in [1.807, 2.05) is 91.0 Å². The third-order valence-electron chi connectivity index (χ3n) is 10.4. The summed E-state index contributed by atoms with van der Waals surface area (Å²) >= 11 is 0.880. The van der Waals surface area contributed by atoms with Crippen LogP contribution in [0.3, 0.4) is 0 Å². The van der Waals surface area contributed by atoms with E-state index in [0.29, 0.717) is 39.1 Å². The molecule has 12 aromatic rings. The monoisotopic (exact) mass is 771 g/mol. The van der Waals surface area contributed by atoms with Crippen molar-refractivity contribution in [3.8, 4) is 50.7 Å². The topological polar surface area (TPSA) is 30.7 Å². The molecule has 0 saturated carbocycles. The molecule has 12 rings (SSSR count). The van der Waals surface area contributed by atoms with E-state index in [-0.39, 0.29) is 70.0 Å². The van der Waals surface area contributed by atoms with Gasteiger partial charge in [0.15, 0.2) is 5.82 Å². The van der Waals surface area contributed by atoms with Crippen LogP contribution in [0.15, 0.2) is 200 Å². The fraction of sp³-hybridized carbons (Fsp3) is 0. The Morgan fingerprint density at radius 2 is 1.09 bits per heavy atom. The van der Waals surface area contributed by atoms with Crippen molar-refractivity contribution in [3.63, 3.8) is 0 Å². The average Bonchev–Trinajstić information content (AvgIpc) is 4.09. The normalized spacial score (nSPS) is 15.7. The van der Waals surface area contributed by atoms with Crippen molar-refractivity contribution < 1.29 is 21.9 Å². The molecule has 0 bridgehead atoms. The molecule has 0 unspecified atom stereocenters. The molecule has 4 heteroatoms. The fourth-order valence-electron chi connectivity index (χ4n) is 7.78. The molecule has 0 fully saturated rings. The summed E-state index contributed by atoms with van der Waals surface area (Å²) in [5, 5.41) is 0.122. The summed E-state index contributed by atoms with van der Waals surface area (Å²) in [6.45, 7) is 0. The summed E-state index contributed by atoms with van der Waals surface area (Å²) in [4.78, 5) is 10.1. The van der Waals surface area contributed by atoms with Gasteiger partial charge >= 0.3 is 0 Å². The Morgan fingerprint density at radius 3 is 1.90 bits per heavy atom. The van der Waals surface area contributed by atoms with E-state index in [1.54, 1.807) is 12.1 Å². The summed E-state index contributed by atoms with van der Waals surface area (Å²) < 4.78 is 148. The van der Waals surface area contributed by atoms with Gasteiger partial charge in [-0.25, -0.2) is 9.97 Å². The highest BCUT2D eigenvalue weighted by Crippen LogP contribution is 2.46. The van der Waals surface area contributed by atoms with Crippen LogP contribution in [-0.4, -0.2) is 14.5 Å². The molecule has 0 aliphatic heterocycles. The summed E-state index contributed by atoms with van der Waals surface area (Å²) in [5.41, 5.74) is 3.00. The highest BCUT2D eigenvalue weighted by atomic mass is 32.1. The average molecular weight is 772 g/mol. The van der Waals surface area contributed by atoms with Crippen LogP contribution in [0.2, 0.25) is 0 Å². The van der Waals surface area contributed by atoms with Gasteiger partial charge in [0.1, 0.15) is 0 Å². The molecule has 0 radical (unpaired) electrons. The van der Waals surface area contributed by atoms with Gasteiger partial charge in [-0.15, -0.1) is 11.3 Å². The zero-order valence-electron chi connectivity index (χ0n) is 46.1. The minimum absolute atomic E-state index is 0.0456. The lowest BCUT2D eigenvalue weighted by atomic mass is 9.91. The molecule has 0 N–H and O–H groups in total. The van der Waals surface area contributed by atoms with Crippen LogP contribution in [0, 0.1) is 0 Å². The molecule has 270 valence electrons. The van der Waals surface area contributed by atoms with Gasteiger partial charge in [0.25, 0.3) is 0 Å². The lowest BCUT2D eigenvalue weighted by Gasteiger charge is -2.16. The summed E-state index contributed by atoms with van der Waals surface area (Å²) in [7, 11) is 0. The van der Waals surface area contributed by atoms with Crippen LogP contribution < -0.4 is 0 Å². The molecular formula is C54H33N3S. The van der Waals surface area contributed by atoms with Gasteiger partial charge in [-0.05, 0) is 75.0 Å². The molecular weight excluding hydrogens is 723 g/mol. The Hall–Kier alpha value is -7.40. The number of nitrogens with zero attached hydrogens (tertiary/aromatic N) is 3. The van der Waals surface area contributed by atoms with Crippen LogP contribution in [-0.2, 0) is 0 Å². The van der Waals surface area contributed by atoms with Gasteiger partial charge < -0.3 is 4.57 Å². The predicted octanol–water partition coefficient (Wildman–Crippen LogP) is 14.9. The summed E-state index contributed by atoms with van der Waals surface area (Å²) in [6.07, 6.45) is 0. The Labute approximate surface area is 361 Å². The van der Waals surface area contributed by atoms with Gasteiger partial charge in [0.05, 0.1) is 44.4 Å². The maximum absolute atomic E-state index is 10.5. The van der Waals surface area contributed by atoms with Crippen molar-refractivity contribution in [2.75, 3.05) is 0 Å². The Bertz CT molecular complexity index is 4440. The number of para-hydroxylation sites is 1. The van der Waals surface area contributed by atoms with Crippen LogP contribution in [0.25, 0.3) is 114 Å². The number of fused-ring (bicyclic) bond motifs is 8. The number of rotatable bonds is 5. The third kappa shape index (κ3) is 5.19. The molecule has 0 atom stereocenters. The van der Waals surface area contributed by atoms with E-state index in [9.17, 15) is 9.60 Å². The lowest BCUT2D eigenvalue weighted by Crippen LogP contribution is -1.97. The highest BCUT2D eigenvalue weighted by molar-refractivity contribution is 7.26. The number of aromatic nitrogens is 3. The van der Waals surface area contributed by atoms with Crippen molar-refractivity contribution in [2.45, 2.75) is 0 Å². The van der Waals surface area contributed by atoms with E-state index in [4.69, 9.17) is 22.3 Å². The summed E-state index contributed by atoms with van der Waals surface area (Å²) in [6, 6.07) is 22.8. The van der Waals surface area contributed by atoms with Crippen LogP contribution in [0.5, 0.6) is 0 Å². The number of thiophene rings is 1. The molecule has 0 amide bonds. The van der Waals surface area contributed by atoms with Crippen LogP contribution in [0.4, 0.5) is 0 Å². The zero-order chi connectivity index (χ0) is 52.1. The molecule has 0 spiro atoms. The summed E-state index contributed by atoms with van der Waals surface area (Å²) in [5.74, 6) is 0.469. The molecule has 0 aliphatic rings. The number of hydrogen-bond donors (Lipinski definition) is 0. The predicted molar refractivity (Wildman–Crippen MR) is 246 cm³/mol. The van der Waals surface area contributed by atoms with E-state index in [0.717, 1.165) is 27.0 Å². The molecule has 58 heavy (non-hydrogen) atoms. The maximum atomic E-state index is 10.5. The number of hydrogen-bond acceptors (Lipinski definition) is 3. The smallest absolute Gasteiger partial charge is 0.160 e. The third-order valence-corrected chi connectivity index (χ3v) is 11.4. The lowest BCUT2D eigenvalue weighted by molar-refractivity contribution is 1.18. The fourth-order valence-corrected chi connectivity index (χ4v) is 8.80. The minimum Gasteiger partial charge on any atom is -0.309 e. The van der Waals surface area contributed by atoms with Gasteiger partial charge in [-0.3, -0.25) is 0 Å². The van der Waals surface area contributed by atoms with E-state index in [1.165, 1.54) is 0 Å².